The molecule has 0 aromatic heterocycles. The number of rotatable bonds is 5. The van der Waals surface area contributed by atoms with E-state index in [0.717, 1.165) is 11.1 Å². The minimum Gasteiger partial charge on any atom is -0.271 e. The van der Waals surface area contributed by atoms with Crippen molar-refractivity contribution in [1.82, 2.24) is 0 Å². The number of para-hydroxylation sites is 1. The Morgan fingerprint density at radius 2 is 1.44 bits per heavy atom. The number of nitrogens with zero attached hydrogens (tertiary/aromatic N) is 3. The van der Waals surface area contributed by atoms with Crippen LogP contribution in [0.2, 0.25) is 0 Å². The van der Waals surface area contributed by atoms with Crippen molar-refractivity contribution in [3.8, 4) is 0 Å². The van der Waals surface area contributed by atoms with Crippen molar-refractivity contribution in [3.05, 3.63) is 138 Å². The van der Waals surface area contributed by atoms with Gasteiger partial charge in [-0.2, -0.15) is 10.1 Å². The standard InChI is InChI=1S/C34H31N3O3S/c1-5-30-29-21-18-24(3)22-31(29)37(41(39,40)28-19-16-23(2)17-20-28)32(26-12-8-6-9-13-26)34(30)25(4)35-36(33(34)38)27-14-10-7-11-15-27/h5-22,30,32H,1H2,2-4H3/t30-,32-,34+/m0/s1. The SMILES string of the molecule is C=C[C@H]1c2ccc(C)cc2N(S(=O)(=O)c2ccc(C)cc2)[C@@H](c2ccccc2)[C@]12C(=O)N(c1ccccc1)N=C2C. The summed E-state index contributed by atoms with van der Waals surface area (Å²) in [6.07, 6.45) is 1.77. The molecule has 41 heavy (non-hydrogen) atoms. The predicted octanol–water partition coefficient (Wildman–Crippen LogP) is 6.93. The van der Waals surface area contributed by atoms with Crippen molar-refractivity contribution < 1.29 is 13.2 Å². The molecule has 7 heteroatoms. The molecule has 4 aromatic carbocycles. The maximum absolute atomic E-state index is 14.9. The lowest BCUT2D eigenvalue weighted by Crippen LogP contribution is -2.57. The number of allylic oxidation sites excluding steroid dienone is 1. The number of aryl methyl sites for hydroxylation is 2. The maximum Gasteiger partial charge on any atom is 0.264 e. The molecular weight excluding hydrogens is 530 g/mol. The predicted molar refractivity (Wildman–Crippen MR) is 164 cm³/mol. The van der Waals surface area contributed by atoms with Gasteiger partial charge in [0.05, 0.1) is 28.0 Å². The van der Waals surface area contributed by atoms with E-state index in [1.165, 1.54) is 9.31 Å². The molecule has 0 saturated carbocycles. The number of hydrogen-bond acceptors (Lipinski definition) is 4. The Morgan fingerprint density at radius 1 is 0.829 bits per heavy atom. The minimum atomic E-state index is -4.16. The fraction of sp³-hybridized carbons (Fsp3) is 0.176. The van der Waals surface area contributed by atoms with Gasteiger partial charge in [0.2, 0.25) is 0 Å². The zero-order valence-corrected chi connectivity index (χ0v) is 24.0. The number of hydrogen-bond donors (Lipinski definition) is 0. The van der Waals surface area contributed by atoms with Crippen LogP contribution in [0, 0.1) is 19.3 Å². The molecule has 0 fully saturated rings. The molecule has 2 aliphatic rings. The van der Waals surface area contributed by atoms with E-state index in [-0.39, 0.29) is 10.8 Å². The van der Waals surface area contributed by atoms with Crippen LogP contribution < -0.4 is 9.31 Å². The molecule has 0 N–H and O–H groups in total. The summed E-state index contributed by atoms with van der Waals surface area (Å²) in [6.45, 7) is 9.86. The molecule has 0 saturated heterocycles. The Labute approximate surface area is 241 Å². The summed E-state index contributed by atoms with van der Waals surface area (Å²) in [5.74, 6) is -0.840. The molecule has 2 heterocycles. The van der Waals surface area contributed by atoms with Crippen molar-refractivity contribution in [2.75, 3.05) is 9.31 Å². The minimum absolute atomic E-state index is 0.156. The van der Waals surface area contributed by atoms with Gasteiger partial charge in [0, 0.05) is 5.92 Å². The molecular formula is C34H31N3O3S. The largest absolute Gasteiger partial charge is 0.271 e. The molecule has 6 rings (SSSR count). The highest BCUT2D eigenvalue weighted by Gasteiger charge is 2.65. The first-order chi connectivity index (χ1) is 19.7. The number of benzene rings is 4. The van der Waals surface area contributed by atoms with Gasteiger partial charge in [0.1, 0.15) is 5.41 Å². The number of carbonyl (C=O) groups is 1. The monoisotopic (exact) mass is 561 g/mol. The zero-order chi connectivity index (χ0) is 28.9. The highest BCUT2D eigenvalue weighted by atomic mass is 32.2. The summed E-state index contributed by atoms with van der Waals surface area (Å²) in [5, 5.41) is 6.23. The van der Waals surface area contributed by atoms with E-state index < -0.39 is 27.4 Å². The van der Waals surface area contributed by atoms with E-state index in [1.807, 2.05) is 99.6 Å². The van der Waals surface area contributed by atoms with Crippen LogP contribution in [0.25, 0.3) is 0 Å². The number of amides is 1. The van der Waals surface area contributed by atoms with Gasteiger partial charge in [-0.3, -0.25) is 9.10 Å². The average molecular weight is 562 g/mol. The van der Waals surface area contributed by atoms with E-state index in [4.69, 9.17) is 5.10 Å². The first-order valence-electron chi connectivity index (χ1n) is 13.6. The van der Waals surface area contributed by atoms with Gasteiger partial charge in [0.25, 0.3) is 15.9 Å². The molecule has 0 bridgehead atoms. The molecule has 0 aliphatic carbocycles. The second kappa shape index (κ2) is 9.85. The van der Waals surface area contributed by atoms with Gasteiger partial charge in [-0.05, 0) is 67.8 Å². The quantitative estimate of drug-likeness (QED) is 0.248. The molecule has 2 aliphatic heterocycles. The van der Waals surface area contributed by atoms with Crippen LogP contribution in [0.15, 0.2) is 126 Å². The first kappa shape index (κ1) is 26.7. The number of sulfonamides is 1. The molecule has 0 radical (unpaired) electrons. The van der Waals surface area contributed by atoms with Gasteiger partial charge in [-0.25, -0.2) is 8.42 Å². The second-order valence-electron chi connectivity index (χ2n) is 10.7. The molecule has 0 unspecified atom stereocenters. The molecule has 4 aromatic rings. The third-order valence-electron chi connectivity index (χ3n) is 8.24. The summed E-state index contributed by atoms with van der Waals surface area (Å²) in [5.41, 5.74) is 3.56. The molecule has 206 valence electrons. The molecule has 1 spiro atoms. The van der Waals surface area contributed by atoms with Gasteiger partial charge in [0.15, 0.2) is 0 Å². The average Bonchev–Trinajstić information content (AvgIpc) is 3.23. The van der Waals surface area contributed by atoms with Crippen molar-refractivity contribution in [2.24, 2.45) is 10.5 Å². The van der Waals surface area contributed by atoms with Crippen LogP contribution in [0.4, 0.5) is 11.4 Å². The van der Waals surface area contributed by atoms with Crippen LogP contribution in [-0.4, -0.2) is 20.0 Å². The zero-order valence-electron chi connectivity index (χ0n) is 23.2. The number of hydrazone groups is 1. The Morgan fingerprint density at radius 3 is 2.07 bits per heavy atom. The van der Waals surface area contributed by atoms with Crippen molar-refractivity contribution >= 4 is 33.0 Å². The summed E-state index contributed by atoms with van der Waals surface area (Å²) < 4.78 is 31.0. The Hall–Kier alpha value is -4.49. The van der Waals surface area contributed by atoms with Crippen molar-refractivity contribution in [3.63, 3.8) is 0 Å². The van der Waals surface area contributed by atoms with Crippen LogP contribution >= 0.6 is 0 Å². The second-order valence-corrected chi connectivity index (χ2v) is 12.5. The van der Waals surface area contributed by atoms with Gasteiger partial charge in [-0.1, -0.05) is 84.4 Å². The molecule has 6 nitrogen and oxygen atoms in total. The summed E-state index contributed by atoms with van der Waals surface area (Å²) >= 11 is 0. The van der Waals surface area contributed by atoms with Crippen molar-refractivity contribution in [2.45, 2.75) is 37.6 Å². The van der Waals surface area contributed by atoms with Gasteiger partial charge >= 0.3 is 0 Å². The summed E-state index contributed by atoms with van der Waals surface area (Å²) in [7, 11) is -4.16. The maximum atomic E-state index is 14.9. The summed E-state index contributed by atoms with van der Waals surface area (Å²) in [6, 6.07) is 30.3. The van der Waals surface area contributed by atoms with Crippen LogP contribution in [0.3, 0.4) is 0 Å². The normalized spacial score (nSPS) is 22.0. The van der Waals surface area contributed by atoms with E-state index >= 15 is 0 Å². The smallest absolute Gasteiger partial charge is 0.264 e. The van der Waals surface area contributed by atoms with Gasteiger partial charge < -0.3 is 0 Å². The lowest BCUT2D eigenvalue weighted by Gasteiger charge is -2.51. The topological polar surface area (TPSA) is 70.1 Å². The van der Waals surface area contributed by atoms with E-state index in [2.05, 4.69) is 6.58 Å². The first-order valence-corrected chi connectivity index (χ1v) is 15.0. The van der Waals surface area contributed by atoms with E-state index in [0.29, 0.717) is 28.2 Å². The van der Waals surface area contributed by atoms with E-state index in [9.17, 15) is 13.2 Å². The van der Waals surface area contributed by atoms with Crippen LogP contribution in [0.1, 0.15) is 41.1 Å². The molecule has 3 atom stereocenters. The van der Waals surface area contributed by atoms with E-state index in [1.54, 1.807) is 30.3 Å². The Balaban J connectivity index is 1.71. The van der Waals surface area contributed by atoms with Gasteiger partial charge in [-0.15, -0.1) is 6.58 Å². The van der Waals surface area contributed by atoms with Crippen LogP contribution in [0.5, 0.6) is 0 Å². The highest BCUT2D eigenvalue weighted by molar-refractivity contribution is 7.92. The Kier molecular flexibility index (Phi) is 6.42. The fourth-order valence-corrected chi connectivity index (χ4v) is 8.00. The van der Waals surface area contributed by atoms with Crippen molar-refractivity contribution in [1.29, 1.82) is 0 Å². The number of anilines is 2. The fourth-order valence-electron chi connectivity index (χ4n) is 6.31. The number of carbonyl (C=O) groups excluding carboxylic acids is 1. The third-order valence-corrected chi connectivity index (χ3v) is 10.0. The number of fused-ring (bicyclic) bond motifs is 1. The molecule has 1 amide bonds. The Bertz CT molecular complexity index is 1780. The highest BCUT2D eigenvalue weighted by Crippen LogP contribution is 2.61. The summed E-state index contributed by atoms with van der Waals surface area (Å²) in [4.78, 5) is 15.1. The van der Waals surface area contributed by atoms with Crippen LogP contribution in [-0.2, 0) is 14.8 Å². The third kappa shape index (κ3) is 3.95. The lowest BCUT2D eigenvalue weighted by atomic mass is 9.60. The lowest BCUT2D eigenvalue weighted by molar-refractivity contribution is -0.125.